The molecule has 0 aromatic heterocycles. The van der Waals surface area contributed by atoms with Gasteiger partial charge in [-0.15, -0.1) is 0 Å². The number of ether oxygens (including phenoxy) is 2. The van der Waals surface area contributed by atoms with E-state index in [1.807, 2.05) is 0 Å². The van der Waals surface area contributed by atoms with Crippen molar-refractivity contribution in [3.8, 4) is 5.75 Å². The van der Waals surface area contributed by atoms with Gasteiger partial charge in [0.25, 0.3) is 20.2 Å². The molecule has 0 aliphatic carbocycles. The van der Waals surface area contributed by atoms with Gasteiger partial charge in [0.2, 0.25) is 0 Å². The molecule has 0 saturated carbocycles. The van der Waals surface area contributed by atoms with Crippen LogP contribution < -0.4 is 4.74 Å². The second-order valence-electron chi connectivity index (χ2n) is 11.0. The average molecular weight is 567 g/mol. The van der Waals surface area contributed by atoms with Crippen molar-refractivity contribution >= 4 is 32.2 Å². The molecule has 11 nitrogen and oxygen atoms in total. The zero-order valence-corrected chi connectivity index (χ0v) is 23.7. The van der Waals surface area contributed by atoms with Crippen molar-refractivity contribution in [2.24, 2.45) is 22.2 Å². The van der Waals surface area contributed by atoms with E-state index in [-0.39, 0.29) is 36.5 Å². The van der Waals surface area contributed by atoms with Gasteiger partial charge >= 0.3 is 11.9 Å². The number of carboxylic acids is 1. The maximum absolute atomic E-state index is 12.4. The number of benzene rings is 1. The Morgan fingerprint density at radius 1 is 0.946 bits per heavy atom. The topological polar surface area (TPSA) is 182 Å². The summed E-state index contributed by atoms with van der Waals surface area (Å²) in [6.45, 7) is 8.16. The highest BCUT2D eigenvalue weighted by atomic mass is 32.2. The van der Waals surface area contributed by atoms with Gasteiger partial charge in [-0.3, -0.25) is 18.7 Å². The fraction of sp³-hybridized carbons (Fsp3) is 0.667. The normalized spacial score (nSPS) is 16.8. The lowest BCUT2D eigenvalue weighted by Crippen LogP contribution is -2.42. The number of hydrogen-bond donors (Lipinski definition) is 3. The van der Waals surface area contributed by atoms with Crippen LogP contribution in [0, 0.1) is 22.2 Å². The Bertz CT molecular complexity index is 1160. The number of hydrogen-bond acceptors (Lipinski definition) is 8. The third-order valence-electron chi connectivity index (χ3n) is 6.28. The first-order valence-electron chi connectivity index (χ1n) is 11.6. The Balaban J connectivity index is 3.42. The maximum Gasteiger partial charge on any atom is 0.311 e. The van der Waals surface area contributed by atoms with Gasteiger partial charge in [-0.2, -0.15) is 16.8 Å². The van der Waals surface area contributed by atoms with Gasteiger partial charge in [0, 0.05) is 5.41 Å². The summed E-state index contributed by atoms with van der Waals surface area (Å²) in [5.74, 6) is -2.81. The van der Waals surface area contributed by atoms with Crippen LogP contribution in [0.15, 0.2) is 29.2 Å². The Hall–Kier alpha value is -2.22. The Morgan fingerprint density at radius 3 is 1.89 bits per heavy atom. The van der Waals surface area contributed by atoms with Crippen LogP contribution in [0.2, 0.25) is 0 Å². The number of rotatable bonds is 15. The lowest BCUT2D eigenvalue weighted by molar-refractivity contribution is -0.152. The van der Waals surface area contributed by atoms with Crippen LogP contribution in [0.1, 0.15) is 60.3 Å². The summed E-state index contributed by atoms with van der Waals surface area (Å²) in [5, 5.41) is 9.69. The SMILES string of the molecule is CCC(CC(C)(COc1ccc(S(=O)(=O)O)cc1)CC(C)(CC(C)(C)C(=O)OC)CS(=O)(=O)O)C(=O)O. The minimum absolute atomic E-state index is 0.00890. The van der Waals surface area contributed by atoms with Crippen molar-refractivity contribution < 1.29 is 50.1 Å². The van der Waals surface area contributed by atoms with Crippen LogP contribution in [0.3, 0.4) is 0 Å². The first kappa shape index (κ1) is 32.8. The first-order valence-corrected chi connectivity index (χ1v) is 14.7. The molecule has 0 aliphatic heterocycles. The smallest absolute Gasteiger partial charge is 0.311 e. The number of aliphatic carboxylic acids is 1. The maximum atomic E-state index is 12.4. The first-order chi connectivity index (χ1) is 16.7. The van der Waals surface area contributed by atoms with E-state index < -0.39 is 60.1 Å². The fourth-order valence-corrected chi connectivity index (χ4v) is 6.76. The Morgan fingerprint density at radius 2 is 1.49 bits per heavy atom. The van der Waals surface area contributed by atoms with Gasteiger partial charge in [-0.05, 0) is 69.2 Å². The van der Waals surface area contributed by atoms with Crippen molar-refractivity contribution in [3.05, 3.63) is 24.3 Å². The molecule has 0 bridgehead atoms. The molecule has 0 radical (unpaired) electrons. The standard InChI is InChI=1S/C24H38O11S2/c1-7-17(20(25)26)12-23(4,15-35-18-8-10-19(11-9-18)37(31,32)33)14-24(5,16-36(28,29)30)13-22(2,3)21(27)34-6/h8-11,17H,7,12-16H2,1-6H3,(H,25,26)(H,28,29,30)(H,31,32,33). The summed E-state index contributed by atoms with van der Waals surface area (Å²) < 4.78 is 76.1. The summed E-state index contributed by atoms with van der Waals surface area (Å²) in [6.07, 6.45) is 0.473. The van der Waals surface area contributed by atoms with Gasteiger partial charge in [0.15, 0.2) is 0 Å². The number of carboxylic acid groups (broad SMARTS) is 1. The molecule has 13 heteroatoms. The number of carbonyl (C=O) groups excluding carboxylic acids is 1. The molecule has 212 valence electrons. The van der Waals surface area contributed by atoms with Gasteiger partial charge in [-0.1, -0.05) is 20.8 Å². The third-order valence-corrected chi connectivity index (χ3v) is 8.21. The summed E-state index contributed by atoms with van der Waals surface area (Å²) >= 11 is 0. The quantitative estimate of drug-likeness (QED) is 0.208. The fourth-order valence-electron chi connectivity index (χ4n) is 5.20. The molecular weight excluding hydrogens is 528 g/mol. The van der Waals surface area contributed by atoms with E-state index in [1.165, 1.54) is 19.2 Å². The van der Waals surface area contributed by atoms with E-state index in [4.69, 9.17) is 14.0 Å². The van der Waals surface area contributed by atoms with Gasteiger partial charge < -0.3 is 14.6 Å². The van der Waals surface area contributed by atoms with Crippen molar-refractivity contribution in [2.45, 2.75) is 65.2 Å². The second-order valence-corrected chi connectivity index (χ2v) is 13.8. The Labute approximate surface area is 219 Å². The lowest BCUT2D eigenvalue weighted by Gasteiger charge is -2.42. The van der Waals surface area contributed by atoms with Gasteiger partial charge in [0.05, 0.1) is 35.7 Å². The molecule has 0 amide bonds. The molecule has 0 fully saturated rings. The molecule has 3 N–H and O–H groups in total. The molecule has 1 aromatic rings. The van der Waals surface area contributed by atoms with Crippen LogP contribution >= 0.6 is 0 Å². The molecule has 0 heterocycles. The zero-order valence-electron chi connectivity index (χ0n) is 22.1. The molecule has 3 unspecified atom stereocenters. The number of esters is 1. The second kappa shape index (κ2) is 12.1. The predicted molar refractivity (Wildman–Crippen MR) is 135 cm³/mol. The molecular formula is C24H38O11S2. The Kier molecular flexibility index (Phi) is 10.7. The number of methoxy groups -OCH3 is 1. The molecule has 1 aromatic carbocycles. The average Bonchev–Trinajstić information content (AvgIpc) is 2.72. The van der Waals surface area contributed by atoms with Crippen molar-refractivity contribution in [1.29, 1.82) is 0 Å². The van der Waals surface area contributed by atoms with Crippen molar-refractivity contribution in [2.75, 3.05) is 19.5 Å². The molecule has 3 atom stereocenters. The van der Waals surface area contributed by atoms with E-state index >= 15 is 0 Å². The van der Waals surface area contributed by atoms with Crippen molar-refractivity contribution in [1.82, 2.24) is 0 Å². The highest BCUT2D eigenvalue weighted by molar-refractivity contribution is 7.86. The summed E-state index contributed by atoms with van der Waals surface area (Å²) in [7, 11) is -7.67. The summed E-state index contributed by atoms with van der Waals surface area (Å²) in [6, 6.07) is 4.95. The van der Waals surface area contributed by atoms with E-state index in [0.29, 0.717) is 6.42 Å². The van der Waals surface area contributed by atoms with E-state index in [1.54, 1.807) is 34.6 Å². The van der Waals surface area contributed by atoms with Gasteiger partial charge in [0.1, 0.15) is 5.75 Å². The molecule has 1 rings (SSSR count). The van der Waals surface area contributed by atoms with E-state index in [2.05, 4.69) is 0 Å². The minimum atomic E-state index is -4.49. The molecule has 0 saturated heterocycles. The lowest BCUT2D eigenvalue weighted by atomic mass is 9.64. The van der Waals surface area contributed by atoms with Crippen LogP contribution in [0.4, 0.5) is 0 Å². The van der Waals surface area contributed by atoms with Crippen LogP contribution in [-0.4, -0.2) is 62.5 Å². The molecule has 37 heavy (non-hydrogen) atoms. The van der Waals surface area contributed by atoms with Gasteiger partial charge in [-0.25, -0.2) is 0 Å². The molecule has 0 aliphatic rings. The van der Waals surface area contributed by atoms with E-state index in [0.717, 1.165) is 12.1 Å². The summed E-state index contributed by atoms with van der Waals surface area (Å²) in [4.78, 5) is 23.9. The predicted octanol–water partition coefficient (Wildman–Crippen LogP) is 3.69. The van der Waals surface area contributed by atoms with Crippen molar-refractivity contribution in [3.63, 3.8) is 0 Å². The van der Waals surface area contributed by atoms with Crippen LogP contribution in [0.25, 0.3) is 0 Å². The number of carbonyl (C=O) groups is 2. The highest BCUT2D eigenvalue weighted by Crippen LogP contribution is 2.46. The minimum Gasteiger partial charge on any atom is -0.493 e. The largest absolute Gasteiger partial charge is 0.493 e. The van der Waals surface area contributed by atoms with E-state index in [9.17, 15) is 36.1 Å². The third kappa shape index (κ3) is 10.6. The summed E-state index contributed by atoms with van der Waals surface area (Å²) in [5.41, 5.74) is -3.25. The van der Waals surface area contributed by atoms with Crippen LogP contribution in [0.5, 0.6) is 5.75 Å². The van der Waals surface area contributed by atoms with Crippen LogP contribution in [-0.2, 0) is 34.6 Å². The highest BCUT2D eigenvalue weighted by Gasteiger charge is 2.45. The monoisotopic (exact) mass is 566 g/mol. The molecule has 0 spiro atoms. The zero-order chi connectivity index (χ0) is 28.9.